The molecule has 4 rings (SSSR count). The molecule has 178 valence electrons. The van der Waals surface area contributed by atoms with Crippen LogP contribution in [0.3, 0.4) is 0 Å². The molecule has 8 nitrogen and oxygen atoms in total. The summed E-state index contributed by atoms with van der Waals surface area (Å²) in [7, 11) is 0. The standard InChI is InChI=1S/C24H19BrFN5O3S/c1-15(27-23(32)17-3-2-4-18(25)13-17)22-28-29-24(35-14-16-5-7-19(26)8-6-16)30(22)20-9-11-21(12-10-20)31(33)34/h2-13,15H,14H2,1H3,(H,27,32). The molecular formula is C24H19BrFN5O3S. The Morgan fingerprint density at radius 2 is 1.86 bits per heavy atom. The first-order valence-electron chi connectivity index (χ1n) is 10.5. The van der Waals surface area contributed by atoms with Crippen LogP contribution in [0.2, 0.25) is 0 Å². The Labute approximate surface area is 212 Å². The number of carbonyl (C=O) groups excluding carboxylic acids is 1. The van der Waals surface area contributed by atoms with Crippen molar-refractivity contribution in [1.29, 1.82) is 0 Å². The molecule has 35 heavy (non-hydrogen) atoms. The van der Waals surface area contributed by atoms with E-state index < -0.39 is 11.0 Å². The summed E-state index contributed by atoms with van der Waals surface area (Å²) in [6.07, 6.45) is 0. The molecule has 0 aliphatic carbocycles. The van der Waals surface area contributed by atoms with Gasteiger partial charge in [0.25, 0.3) is 11.6 Å². The molecule has 0 bridgehead atoms. The van der Waals surface area contributed by atoms with Gasteiger partial charge >= 0.3 is 0 Å². The van der Waals surface area contributed by atoms with Gasteiger partial charge in [0, 0.05) is 33.6 Å². The van der Waals surface area contributed by atoms with Gasteiger partial charge < -0.3 is 5.32 Å². The van der Waals surface area contributed by atoms with Gasteiger partial charge in [-0.05, 0) is 55.0 Å². The third-order valence-electron chi connectivity index (χ3n) is 5.08. The molecule has 1 atom stereocenters. The maximum absolute atomic E-state index is 13.2. The van der Waals surface area contributed by atoms with Crippen LogP contribution in [0.1, 0.15) is 34.7 Å². The number of nitrogens with zero attached hydrogens (tertiary/aromatic N) is 4. The molecule has 3 aromatic carbocycles. The lowest BCUT2D eigenvalue weighted by atomic mass is 10.2. The van der Waals surface area contributed by atoms with E-state index in [2.05, 4.69) is 31.4 Å². The summed E-state index contributed by atoms with van der Waals surface area (Å²) in [5.41, 5.74) is 1.95. The highest BCUT2D eigenvalue weighted by Crippen LogP contribution is 2.29. The van der Waals surface area contributed by atoms with E-state index in [1.165, 1.54) is 36.0 Å². The van der Waals surface area contributed by atoms with Gasteiger partial charge in [-0.2, -0.15) is 0 Å². The van der Waals surface area contributed by atoms with Crippen molar-refractivity contribution >= 4 is 39.3 Å². The Bertz CT molecular complexity index is 1360. The fourth-order valence-corrected chi connectivity index (χ4v) is 4.64. The molecule has 11 heteroatoms. The summed E-state index contributed by atoms with van der Waals surface area (Å²) in [4.78, 5) is 23.4. The Kier molecular flexibility index (Phi) is 7.57. The van der Waals surface area contributed by atoms with Crippen LogP contribution < -0.4 is 5.32 Å². The number of rotatable bonds is 8. The van der Waals surface area contributed by atoms with Gasteiger partial charge in [0.15, 0.2) is 11.0 Å². The maximum Gasteiger partial charge on any atom is 0.269 e. The molecule has 1 unspecified atom stereocenters. The summed E-state index contributed by atoms with van der Waals surface area (Å²) in [6.45, 7) is 1.79. The molecule has 0 aliphatic rings. The fraction of sp³-hybridized carbons (Fsp3) is 0.125. The summed E-state index contributed by atoms with van der Waals surface area (Å²) in [6, 6.07) is 18.7. The number of benzene rings is 3. The monoisotopic (exact) mass is 555 g/mol. The smallest absolute Gasteiger partial charge is 0.269 e. The predicted molar refractivity (Wildman–Crippen MR) is 134 cm³/mol. The number of nitrogens with one attached hydrogen (secondary N) is 1. The fourth-order valence-electron chi connectivity index (χ4n) is 3.32. The van der Waals surface area contributed by atoms with Crippen molar-refractivity contribution in [2.24, 2.45) is 0 Å². The van der Waals surface area contributed by atoms with Crippen molar-refractivity contribution in [3.8, 4) is 5.69 Å². The van der Waals surface area contributed by atoms with Crippen LogP contribution in [0.4, 0.5) is 10.1 Å². The molecule has 0 fully saturated rings. The third kappa shape index (κ3) is 5.92. The lowest BCUT2D eigenvalue weighted by Crippen LogP contribution is -2.28. The van der Waals surface area contributed by atoms with Crippen molar-refractivity contribution in [3.05, 3.63) is 110 Å². The molecule has 0 spiro atoms. The highest BCUT2D eigenvalue weighted by Gasteiger charge is 2.22. The molecule has 0 saturated carbocycles. The van der Waals surface area contributed by atoms with Crippen molar-refractivity contribution in [3.63, 3.8) is 0 Å². The number of hydrogen-bond donors (Lipinski definition) is 1. The van der Waals surface area contributed by atoms with E-state index in [1.54, 1.807) is 54.0 Å². The van der Waals surface area contributed by atoms with Gasteiger partial charge in [0.1, 0.15) is 5.82 Å². The minimum Gasteiger partial charge on any atom is -0.342 e. The Morgan fingerprint density at radius 3 is 2.51 bits per heavy atom. The number of halogens is 2. The van der Waals surface area contributed by atoms with Crippen LogP contribution in [0.5, 0.6) is 0 Å². The number of nitro groups is 1. The molecule has 0 radical (unpaired) electrons. The van der Waals surface area contributed by atoms with E-state index in [0.29, 0.717) is 28.0 Å². The average Bonchev–Trinajstić information content (AvgIpc) is 3.28. The van der Waals surface area contributed by atoms with Crippen molar-refractivity contribution in [2.75, 3.05) is 0 Å². The van der Waals surface area contributed by atoms with Crippen molar-refractivity contribution in [2.45, 2.75) is 23.9 Å². The topological polar surface area (TPSA) is 103 Å². The normalized spacial score (nSPS) is 11.7. The second-order valence-electron chi connectivity index (χ2n) is 7.57. The predicted octanol–water partition coefficient (Wildman–Crippen LogP) is 5.86. The molecule has 1 amide bonds. The van der Waals surface area contributed by atoms with Crippen LogP contribution in [0, 0.1) is 15.9 Å². The molecule has 0 saturated heterocycles. The Hall–Kier alpha value is -3.57. The van der Waals surface area contributed by atoms with Gasteiger partial charge in [-0.3, -0.25) is 19.5 Å². The number of thioether (sulfide) groups is 1. The van der Waals surface area contributed by atoms with Crippen LogP contribution in [-0.2, 0) is 5.75 Å². The second-order valence-corrected chi connectivity index (χ2v) is 9.43. The summed E-state index contributed by atoms with van der Waals surface area (Å²) in [5.74, 6) is 0.371. The maximum atomic E-state index is 13.2. The van der Waals surface area contributed by atoms with Gasteiger partial charge in [-0.15, -0.1) is 10.2 Å². The van der Waals surface area contributed by atoms with E-state index in [9.17, 15) is 19.3 Å². The van der Waals surface area contributed by atoms with E-state index in [4.69, 9.17) is 0 Å². The first-order valence-corrected chi connectivity index (χ1v) is 12.2. The lowest BCUT2D eigenvalue weighted by Gasteiger charge is -2.16. The van der Waals surface area contributed by atoms with Crippen LogP contribution in [-0.4, -0.2) is 25.6 Å². The zero-order valence-electron chi connectivity index (χ0n) is 18.4. The number of hydrogen-bond acceptors (Lipinski definition) is 6. The molecule has 1 aromatic heterocycles. The summed E-state index contributed by atoms with van der Waals surface area (Å²) in [5, 5.41) is 23.2. The number of carbonyl (C=O) groups is 1. The van der Waals surface area contributed by atoms with E-state index >= 15 is 0 Å². The number of amides is 1. The van der Waals surface area contributed by atoms with Gasteiger partial charge in [0.2, 0.25) is 0 Å². The molecule has 4 aromatic rings. The van der Waals surface area contributed by atoms with Crippen LogP contribution >= 0.6 is 27.7 Å². The van der Waals surface area contributed by atoms with E-state index in [-0.39, 0.29) is 17.4 Å². The van der Waals surface area contributed by atoms with Crippen molar-refractivity contribution in [1.82, 2.24) is 20.1 Å². The van der Waals surface area contributed by atoms with Crippen molar-refractivity contribution < 1.29 is 14.1 Å². The lowest BCUT2D eigenvalue weighted by molar-refractivity contribution is -0.384. The first kappa shape index (κ1) is 24.6. The SMILES string of the molecule is CC(NC(=O)c1cccc(Br)c1)c1nnc(SCc2ccc(F)cc2)n1-c1ccc([N+](=O)[O-])cc1. The van der Waals surface area contributed by atoms with E-state index in [1.807, 2.05) is 6.07 Å². The highest BCUT2D eigenvalue weighted by molar-refractivity contribution is 9.10. The molecule has 1 heterocycles. The zero-order chi connectivity index (χ0) is 24.9. The van der Waals surface area contributed by atoms with Crippen LogP contribution in [0.25, 0.3) is 5.69 Å². The minimum atomic E-state index is -0.524. The minimum absolute atomic E-state index is 0.0418. The van der Waals surface area contributed by atoms with Gasteiger partial charge in [-0.25, -0.2) is 4.39 Å². The second kappa shape index (κ2) is 10.8. The average molecular weight is 556 g/mol. The first-order chi connectivity index (χ1) is 16.8. The zero-order valence-corrected chi connectivity index (χ0v) is 20.8. The largest absolute Gasteiger partial charge is 0.342 e. The summed E-state index contributed by atoms with van der Waals surface area (Å²) < 4.78 is 15.8. The Morgan fingerprint density at radius 1 is 1.14 bits per heavy atom. The quantitative estimate of drug-likeness (QED) is 0.166. The van der Waals surface area contributed by atoms with Gasteiger partial charge in [-0.1, -0.05) is 45.9 Å². The third-order valence-corrected chi connectivity index (χ3v) is 6.57. The number of aromatic nitrogens is 3. The van der Waals surface area contributed by atoms with E-state index in [0.717, 1.165) is 10.0 Å². The van der Waals surface area contributed by atoms with Crippen LogP contribution in [0.15, 0.2) is 82.4 Å². The number of nitro benzene ring substituents is 1. The molecular weight excluding hydrogens is 537 g/mol. The molecule has 1 N–H and O–H groups in total. The highest BCUT2D eigenvalue weighted by atomic mass is 79.9. The molecule has 0 aliphatic heterocycles. The summed E-state index contributed by atoms with van der Waals surface area (Å²) >= 11 is 4.75. The van der Waals surface area contributed by atoms with Gasteiger partial charge in [0.05, 0.1) is 11.0 Å². The number of non-ortho nitro benzene ring substituents is 1. The Balaban J connectivity index is 1.64.